The Kier molecular flexibility index (Phi) is 5.88. The van der Waals surface area contributed by atoms with Crippen molar-refractivity contribution < 1.29 is 24.2 Å². The molecule has 0 bridgehead atoms. The average Bonchev–Trinajstić information content (AvgIpc) is 3.03. The van der Waals surface area contributed by atoms with Gasteiger partial charge in [0.15, 0.2) is 11.6 Å². The Hall–Kier alpha value is -1.75. The van der Waals surface area contributed by atoms with Crippen LogP contribution in [0.5, 0.6) is 0 Å². The van der Waals surface area contributed by atoms with Crippen molar-refractivity contribution in [3.8, 4) is 0 Å². The Morgan fingerprint density at radius 1 is 1.43 bits per heavy atom. The molecule has 126 valence electrons. The molecule has 3 atom stereocenters. The molecule has 0 aromatic rings. The van der Waals surface area contributed by atoms with Crippen LogP contribution >= 0.6 is 0 Å². The predicted octanol–water partition coefficient (Wildman–Crippen LogP) is 2.27. The van der Waals surface area contributed by atoms with Crippen LogP contribution in [0, 0.1) is 5.92 Å². The number of hydrogen-bond acceptors (Lipinski definition) is 5. The van der Waals surface area contributed by atoms with Crippen molar-refractivity contribution >= 4 is 17.5 Å². The molecule has 0 saturated carbocycles. The first-order valence-electron chi connectivity index (χ1n) is 8.25. The average molecular weight is 320 g/mol. The first-order valence-corrected chi connectivity index (χ1v) is 8.25. The van der Waals surface area contributed by atoms with E-state index in [2.05, 4.69) is 0 Å². The van der Waals surface area contributed by atoms with E-state index in [9.17, 15) is 19.5 Å². The number of ketones is 2. The Labute approximate surface area is 136 Å². The fourth-order valence-corrected chi connectivity index (χ4v) is 3.26. The first-order chi connectivity index (χ1) is 10.9. The number of unbranched alkanes of at least 4 members (excludes halogenated alkanes) is 1. The largest absolute Gasteiger partial charge is 0.462 e. The monoisotopic (exact) mass is 320 g/mol. The van der Waals surface area contributed by atoms with Gasteiger partial charge in [-0.1, -0.05) is 12.5 Å². The maximum atomic E-state index is 11.9. The number of aliphatic hydroxyl groups is 1. The van der Waals surface area contributed by atoms with E-state index in [-0.39, 0.29) is 30.1 Å². The molecule has 1 N–H and O–H groups in total. The van der Waals surface area contributed by atoms with Crippen LogP contribution < -0.4 is 0 Å². The van der Waals surface area contributed by atoms with Crippen molar-refractivity contribution in [1.82, 2.24) is 0 Å². The molecule has 23 heavy (non-hydrogen) atoms. The fraction of sp³-hybridized carbons (Fsp3) is 0.611. The minimum Gasteiger partial charge on any atom is -0.462 e. The molecule has 2 aliphatic rings. The summed E-state index contributed by atoms with van der Waals surface area (Å²) in [7, 11) is 0. The van der Waals surface area contributed by atoms with E-state index >= 15 is 0 Å². The van der Waals surface area contributed by atoms with Crippen LogP contribution in [0.25, 0.3) is 0 Å². The summed E-state index contributed by atoms with van der Waals surface area (Å²) in [5.74, 6) is -1.16. The van der Waals surface area contributed by atoms with E-state index in [0.717, 1.165) is 25.7 Å². The lowest BCUT2D eigenvalue weighted by Crippen LogP contribution is -2.37. The maximum absolute atomic E-state index is 11.9. The zero-order chi connectivity index (χ0) is 16.9. The predicted molar refractivity (Wildman–Crippen MR) is 84.6 cm³/mol. The summed E-state index contributed by atoms with van der Waals surface area (Å²) in [5, 5.41) is 10.7. The van der Waals surface area contributed by atoms with Gasteiger partial charge in [-0.2, -0.15) is 0 Å². The third kappa shape index (κ3) is 4.61. The van der Waals surface area contributed by atoms with Gasteiger partial charge in [-0.15, -0.1) is 0 Å². The van der Waals surface area contributed by atoms with Crippen molar-refractivity contribution in [1.29, 1.82) is 0 Å². The van der Waals surface area contributed by atoms with Crippen LogP contribution in [0.3, 0.4) is 0 Å². The van der Waals surface area contributed by atoms with E-state index in [1.54, 1.807) is 13.0 Å². The van der Waals surface area contributed by atoms with Gasteiger partial charge in [-0.25, -0.2) is 0 Å². The number of cyclic esters (lactones) is 1. The molecule has 0 spiro atoms. The van der Waals surface area contributed by atoms with Crippen LogP contribution in [-0.2, 0) is 19.1 Å². The molecular formula is C18H24O5. The lowest BCUT2D eigenvalue weighted by molar-refractivity contribution is -0.141. The number of rotatable bonds is 8. The third-order valence-electron chi connectivity index (χ3n) is 4.56. The lowest BCUT2D eigenvalue weighted by atomic mass is 9.82. The molecule has 3 unspecified atom stereocenters. The molecule has 1 aliphatic heterocycles. The molecule has 0 aromatic carbocycles. The minimum atomic E-state index is -1.24. The molecule has 1 fully saturated rings. The Balaban J connectivity index is 1.81. The van der Waals surface area contributed by atoms with Crippen LogP contribution in [-0.4, -0.2) is 34.3 Å². The summed E-state index contributed by atoms with van der Waals surface area (Å²) in [6.45, 7) is 1.74. The molecule has 0 radical (unpaired) electrons. The molecular weight excluding hydrogens is 296 g/mol. The summed E-state index contributed by atoms with van der Waals surface area (Å²) in [6.07, 6.45) is 10.0. The van der Waals surface area contributed by atoms with Gasteiger partial charge in [-0.3, -0.25) is 14.4 Å². The molecule has 1 heterocycles. The standard InChI is InChI=1S/C18H24O5/c1-2-5-13(19)12-15-16(20)9-11-18(15,22)10-4-3-6-14-7-8-17(21)23-14/h2,5,9,11,14-15,22H,3-4,6-8,10,12H2,1H3. The quantitative estimate of drug-likeness (QED) is 0.421. The second-order valence-corrected chi connectivity index (χ2v) is 6.35. The van der Waals surface area contributed by atoms with Gasteiger partial charge >= 0.3 is 5.97 Å². The van der Waals surface area contributed by atoms with E-state index < -0.39 is 11.5 Å². The number of hydrogen-bond donors (Lipinski definition) is 1. The Morgan fingerprint density at radius 2 is 2.22 bits per heavy atom. The minimum absolute atomic E-state index is 0.00930. The molecule has 1 saturated heterocycles. The molecule has 5 nitrogen and oxygen atoms in total. The molecule has 0 aromatic heterocycles. The molecule has 2 rings (SSSR count). The second kappa shape index (κ2) is 7.68. The van der Waals surface area contributed by atoms with Gasteiger partial charge in [-0.05, 0) is 50.8 Å². The normalized spacial score (nSPS) is 30.3. The third-order valence-corrected chi connectivity index (χ3v) is 4.56. The summed E-state index contributed by atoms with van der Waals surface area (Å²) >= 11 is 0. The van der Waals surface area contributed by atoms with Crippen LogP contribution in [0.4, 0.5) is 0 Å². The zero-order valence-corrected chi connectivity index (χ0v) is 13.5. The number of carbonyl (C=O) groups excluding carboxylic acids is 3. The van der Waals surface area contributed by atoms with E-state index in [1.807, 2.05) is 0 Å². The van der Waals surface area contributed by atoms with Crippen LogP contribution in [0.15, 0.2) is 24.3 Å². The molecule has 1 aliphatic carbocycles. The number of carbonyl (C=O) groups is 3. The molecule has 0 amide bonds. The smallest absolute Gasteiger partial charge is 0.306 e. The van der Waals surface area contributed by atoms with Crippen molar-refractivity contribution in [2.24, 2.45) is 5.92 Å². The topological polar surface area (TPSA) is 80.7 Å². The summed E-state index contributed by atoms with van der Waals surface area (Å²) < 4.78 is 5.15. The zero-order valence-electron chi connectivity index (χ0n) is 13.5. The second-order valence-electron chi connectivity index (χ2n) is 6.35. The van der Waals surface area contributed by atoms with Crippen molar-refractivity contribution in [2.75, 3.05) is 0 Å². The number of ether oxygens (including phenoxy) is 1. The Morgan fingerprint density at radius 3 is 2.87 bits per heavy atom. The van der Waals surface area contributed by atoms with E-state index in [0.29, 0.717) is 12.8 Å². The highest BCUT2D eigenvalue weighted by Gasteiger charge is 2.42. The van der Waals surface area contributed by atoms with Gasteiger partial charge in [0.1, 0.15) is 6.10 Å². The number of esters is 1. The van der Waals surface area contributed by atoms with Crippen molar-refractivity contribution in [3.63, 3.8) is 0 Å². The first kappa shape index (κ1) is 17.6. The summed E-state index contributed by atoms with van der Waals surface area (Å²) in [6, 6.07) is 0. The maximum Gasteiger partial charge on any atom is 0.306 e. The van der Waals surface area contributed by atoms with Gasteiger partial charge in [0.25, 0.3) is 0 Å². The Bertz CT molecular complexity index is 534. The van der Waals surface area contributed by atoms with E-state index in [1.165, 1.54) is 18.2 Å². The lowest BCUT2D eigenvalue weighted by Gasteiger charge is -2.27. The number of allylic oxidation sites excluding steroid dienone is 3. The highest BCUT2D eigenvalue weighted by molar-refractivity contribution is 6.00. The van der Waals surface area contributed by atoms with Gasteiger partial charge in [0, 0.05) is 12.8 Å². The summed E-state index contributed by atoms with van der Waals surface area (Å²) in [4.78, 5) is 34.7. The summed E-state index contributed by atoms with van der Waals surface area (Å²) in [5.41, 5.74) is -1.24. The van der Waals surface area contributed by atoms with Crippen LogP contribution in [0.1, 0.15) is 51.9 Å². The van der Waals surface area contributed by atoms with Crippen molar-refractivity contribution in [3.05, 3.63) is 24.3 Å². The van der Waals surface area contributed by atoms with Crippen molar-refractivity contribution in [2.45, 2.75) is 63.6 Å². The fourth-order valence-electron chi connectivity index (χ4n) is 3.26. The van der Waals surface area contributed by atoms with Gasteiger partial charge in [0.05, 0.1) is 11.5 Å². The van der Waals surface area contributed by atoms with Crippen LogP contribution in [0.2, 0.25) is 0 Å². The highest BCUT2D eigenvalue weighted by atomic mass is 16.5. The van der Waals surface area contributed by atoms with Gasteiger partial charge < -0.3 is 9.84 Å². The SMILES string of the molecule is CC=CC(=O)CC1C(=O)C=CC1(O)CCCCC1CCC(=O)O1. The van der Waals surface area contributed by atoms with E-state index in [4.69, 9.17) is 4.74 Å². The highest BCUT2D eigenvalue weighted by Crippen LogP contribution is 2.35. The van der Waals surface area contributed by atoms with Gasteiger partial charge in [0.2, 0.25) is 0 Å². The molecule has 5 heteroatoms.